The fourth-order valence-corrected chi connectivity index (χ4v) is 4.08. The number of aliphatic hydroxyl groups is 1. The van der Waals surface area contributed by atoms with Gasteiger partial charge in [0.05, 0.1) is 19.8 Å². The minimum atomic E-state index is -0.251. The molecule has 2 aliphatic rings. The molecule has 6 nitrogen and oxygen atoms in total. The molecule has 134 valence electrons. The van der Waals surface area contributed by atoms with E-state index in [1.54, 1.807) is 0 Å². The highest BCUT2D eigenvalue weighted by molar-refractivity contribution is 5.41. The first-order valence-corrected chi connectivity index (χ1v) is 8.96. The number of aliphatic hydroxyl groups excluding tert-OH is 1. The van der Waals surface area contributed by atoms with Gasteiger partial charge in [0, 0.05) is 30.8 Å². The van der Waals surface area contributed by atoms with E-state index in [0.717, 1.165) is 31.1 Å². The summed E-state index contributed by atoms with van der Waals surface area (Å²) in [6.07, 6.45) is 0.803. The average molecular weight is 343 g/mol. The van der Waals surface area contributed by atoms with E-state index in [-0.39, 0.29) is 17.9 Å². The summed E-state index contributed by atoms with van der Waals surface area (Å²) in [6.45, 7) is 7.22. The smallest absolute Gasteiger partial charge is 0.226 e. The van der Waals surface area contributed by atoms with Crippen molar-refractivity contribution in [2.24, 2.45) is 11.3 Å². The Bertz CT molecular complexity index is 745. The van der Waals surface area contributed by atoms with Gasteiger partial charge in [0.1, 0.15) is 5.75 Å². The molecule has 25 heavy (non-hydrogen) atoms. The number of hydrogen-bond donors (Lipinski definition) is 1. The van der Waals surface area contributed by atoms with Gasteiger partial charge in [-0.1, -0.05) is 37.2 Å². The first kappa shape index (κ1) is 16.5. The normalized spacial score (nSPS) is 25.7. The Morgan fingerprint density at radius 2 is 2.20 bits per heavy atom. The molecule has 3 heterocycles. The van der Waals surface area contributed by atoms with Crippen LogP contribution in [0.3, 0.4) is 0 Å². The van der Waals surface area contributed by atoms with Crippen molar-refractivity contribution >= 4 is 0 Å². The second kappa shape index (κ2) is 6.42. The van der Waals surface area contributed by atoms with Crippen LogP contribution >= 0.6 is 0 Å². The topological polar surface area (TPSA) is 71.6 Å². The number of para-hydroxylation sites is 1. The molecule has 4 rings (SSSR count). The average Bonchev–Trinajstić information content (AvgIpc) is 3.19. The number of ether oxygens (including phenoxy) is 1. The van der Waals surface area contributed by atoms with Crippen LogP contribution in [-0.4, -0.2) is 46.5 Å². The third kappa shape index (κ3) is 3.04. The Kier molecular flexibility index (Phi) is 4.25. The SMILES string of the molecule is CC(C)Cc1nc(CN2C[C@@H]3c4ccccc4OC[C@]3(CO)C2)no1. The monoisotopic (exact) mass is 343 g/mol. The summed E-state index contributed by atoms with van der Waals surface area (Å²) in [7, 11) is 0. The number of likely N-dealkylation sites (tertiary alicyclic amines) is 1. The lowest BCUT2D eigenvalue weighted by atomic mass is 9.74. The third-order valence-corrected chi connectivity index (χ3v) is 5.30. The summed E-state index contributed by atoms with van der Waals surface area (Å²) < 4.78 is 11.3. The molecular weight excluding hydrogens is 318 g/mol. The minimum Gasteiger partial charge on any atom is -0.493 e. The molecular formula is C19H25N3O3. The molecule has 0 bridgehead atoms. The maximum atomic E-state index is 10.1. The van der Waals surface area contributed by atoms with E-state index >= 15 is 0 Å². The molecule has 0 saturated carbocycles. The number of nitrogens with zero attached hydrogens (tertiary/aromatic N) is 3. The Morgan fingerprint density at radius 3 is 3.00 bits per heavy atom. The predicted octanol–water partition coefficient (Wildman–Crippen LogP) is 2.24. The molecule has 2 aromatic rings. The van der Waals surface area contributed by atoms with Gasteiger partial charge in [0.15, 0.2) is 5.82 Å². The van der Waals surface area contributed by atoms with Crippen molar-refractivity contribution in [2.45, 2.75) is 32.7 Å². The highest BCUT2D eigenvalue weighted by atomic mass is 16.5. The van der Waals surface area contributed by atoms with Crippen LogP contribution in [0.5, 0.6) is 5.75 Å². The van der Waals surface area contributed by atoms with E-state index in [1.165, 1.54) is 5.56 Å². The van der Waals surface area contributed by atoms with Crippen molar-refractivity contribution in [2.75, 3.05) is 26.3 Å². The summed E-state index contributed by atoms with van der Waals surface area (Å²) >= 11 is 0. The lowest BCUT2D eigenvalue weighted by molar-refractivity contribution is 0.0455. The molecule has 1 aromatic carbocycles. The molecule has 1 N–H and O–H groups in total. The molecule has 0 unspecified atom stereocenters. The molecule has 1 aromatic heterocycles. The van der Waals surface area contributed by atoms with Gasteiger partial charge in [0.2, 0.25) is 5.89 Å². The van der Waals surface area contributed by atoms with Crippen LogP contribution in [0.1, 0.15) is 37.0 Å². The lowest BCUT2D eigenvalue weighted by Crippen LogP contribution is -2.42. The second-order valence-corrected chi connectivity index (χ2v) is 7.77. The van der Waals surface area contributed by atoms with Crippen molar-refractivity contribution in [1.82, 2.24) is 15.0 Å². The van der Waals surface area contributed by atoms with Crippen LogP contribution in [0.2, 0.25) is 0 Å². The molecule has 0 amide bonds. The van der Waals surface area contributed by atoms with Gasteiger partial charge in [-0.05, 0) is 17.5 Å². The van der Waals surface area contributed by atoms with Crippen molar-refractivity contribution in [3.63, 3.8) is 0 Å². The van der Waals surface area contributed by atoms with Crippen molar-refractivity contribution < 1.29 is 14.4 Å². The zero-order chi connectivity index (χ0) is 17.4. The van der Waals surface area contributed by atoms with E-state index in [0.29, 0.717) is 25.0 Å². The Labute approximate surface area is 147 Å². The second-order valence-electron chi connectivity index (χ2n) is 7.77. The molecule has 2 atom stereocenters. The van der Waals surface area contributed by atoms with E-state index in [4.69, 9.17) is 9.26 Å². The standard InChI is InChI=1S/C19H25N3O3/c1-13(2)7-18-20-17(21-25-18)9-22-8-15-14-5-3-4-6-16(14)24-12-19(15,10-22)11-23/h3-6,13,15,23H,7-12H2,1-2H3/t15-,19-/m1/s1. The first-order chi connectivity index (χ1) is 12.1. The van der Waals surface area contributed by atoms with Crippen LogP contribution in [0.15, 0.2) is 28.8 Å². The number of benzene rings is 1. The highest BCUT2D eigenvalue weighted by Crippen LogP contribution is 2.49. The van der Waals surface area contributed by atoms with Gasteiger partial charge < -0.3 is 14.4 Å². The van der Waals surface area contributed by atoms with Gasteiger partial charge in [0.25, 0.3) is 0 Å². The minimum absolute atomic E-state index is 0.118. The molecule has 6 heteroatoms. The molecule has 1 fully saturated rings. The van der Waals surface area contributed by atoms with Gasteiger partial charge in [-0.2, -0.15) is 4.98 Å². The van der Waals surface area contributed by atoms with Crippen LogP contribution in [-0.2, 0) is 13.0 Å². The van der Waals surface area contributed by atoms with E-state index in [1.807, 2.05) is 18.2 Å². The molecule has 0 aliphatic carbocycles. The fraction of sp³-hybridized carbons (Fsp3) is 0.579. The fourth-order valence-electron chi connectivity index (χ4n) is 4.08. The van der Waals surface area contributed by atoms with Crippen molar-refractivity contribution in [1.29, 1.82) is 0 Å². The summed E-state index contributed by atoms with van der Waals surface area (Å²) in [5.41, 5.74) is 0.942. The van der Waals surface area contributed by atoms with Crippen LogP contribution < -0.4 is 4.74 Å². The first-order valence-electron chi connectivity index (χ1n) is 8.96. The zero-order valence-electron chi connectivity index (χ0n) is 14.8. The molecule has 0 radical (unpaired) electrons. The Balaban J connectivity index is 1.52. The van der Waals surface area contributed by atoms with Crippen LogP contribution in [0.25, 0.3) is 0 Å². The van der Waals surface area contributed by atoms with Crippen LogP contribution in [0, 0.1) is 11.3 Å². The largest absolute Gasteiger partial charge is 0.493 e. The summed E-state index contributed by atoms with van der Waals surface area (Å²) in [4.78, 5) is 6.81. The number of rotatable bonds is 5. The quantitative estimate of drug-likeness (QED) is 0.898. The Morgan fingerprint density at radius 1 is 1.36 bits per heavy atom. The summed E-state index contributed by atoms with van der Waals surface area (Å²) in [6, 6.07) is 8.15. The molecule has 0 spiro atoms. The predicted molar refractivity (Wildman–Crippen MR) is 92.3 cm³/mol. The number of hydrogen-bond acceptors (Lipinski definition) is 6. The van der Waals surface area contributed by atoms with E-state index < -0.39 is 0 Å². The van der Waals surface area contributed by atoms with Crippen molar-refractivity contribution in [3.8, 4) is 5.75 Å². The van der Waals surface area contributed by atoms with Crippen molar-refractivity contribution in [3.05, 3.63) is 41.5 Å². The maximum Gasteiger partial charge on any atom is 0.226 e. The van der Waals surface area contributed by atoms with E-state index in [2.05, 4.69) is 35.0 Å². The lowest BCUT2D eigenvalue weighted by Gasteiger charge is -2.38. The van der Waals surface area contributed by atoms with Gasteiger partial charge in [-0.25, -0.2) is 0 Å². The van der Waals surface area contributed by atoms with Gasteiger partial charge in [-0.15, -0.1) is 0 Å². The van der Waals surface area contributed by atoms with E-state index in [9.17, 15) is 5.11 Å². The zero-order valence-corrected chi connectivity index (χ0v) is 14.8. The summed E-state index contributed by atoms with van der Waals surface area (Å²) in [5.74, 6) is 3.12. The van der Waals surface area contributed by atoms with Crippen LogP contribution in [0.4, 0.5) is 0 Å². The number of fused-ring (bicyclic) bond motifs is 3. The van der Waals surface area contributed by atoms with Gasteiger partial charge in [-0.3, -0.25) is 4.90 Å². The Hall–Kier alpha value is -1.92. The summed E-state index contributed by atoms with van der Waals surface area (Å²) in [5, 5.41) is 14.2. The number of aromatic nitrogens is 2. The molecule has 1 saturated heterocycles. The third-order valence-electron chi connectivity index (χ3n) is 5.30. The molecule has 2 aliphatic heterocycles. The van der Waals surface area contributed by atoms with Gasteiger partial charge >= 0.3 is 0 Å². The highest BCUT2D eigenvalue weighted by Gasteiger charge is 2.50. The maximum absolute atomic E-state index is 10.1.